The summed E-state index contributed by atoms with van der Waals surface area (Å²) in [5.74, 6) is 1.71. The number of benzene rings is 2. The second kappa shape index (κ2) is 9.27. The molecule has 180 valence electrons. The van der Waals surface area contributed by atoms with E-state index < -0.39 is 0 Å². The lowest BCUT2D eigenvalue weighted by atomic mass is 9.96. The van der Waals surface area contributed by atoms with Crippen LogP contribution in [0.5, 0.6) is 11.5 Å². The third kappa shape index (κ3) is 4.12. The lowest BCUT2D eigenvalue weighted by Crippen LogP contribution is -2.25. The molecule has 4 aromatic rings. The molecule has 2 aliphatic heterocycles. The number of aromatic nitrogens is 2. The van der Waals surface area contributed by atoms with E-state index in [4.69, 9.17) is 9.47 Å². The van der Waals surface area contributed by atoms with Crippen LogP contribution in [-0.4, -0.2) is 61.8 Å². The molecule has 0 spiro atoms. The van der Waals surface area contributed by atoms with Crippen molar-refractivity contribution >= 4 is 16.7 Å². The molecule has 0 atom stereocenters. The first-order valence-corrected chi connectivity index (χ1v) is 12.6. The summed E-state index contributed by atoms with van der Waals surface area (Å²) in [6.45, 7) is 5.11. The molecule has 0 unspecified atom stereocenters. The van der Waals surface area contributed by atoms with Gasteiger partial charge in [0.05, 0.1) is 18.2 Å². The minimum atomic E-state index is 0.704. The van der Waals surface area contributed by atoms with E-state index in [1.54, 1.807) is 13.3 Å². The summed E-state index contributed by atoms with van der Waals surface area (Å²) < 4.78 is 11.9. The maximum Gasteiger partial charge on any atom is 0.142 e. The van der Waals surface area contributed by atoms with Crippen molar-refractivity contribution in [2.24, 2.45) is 0 Å². The van der Waals surface area contributed by atoms with Crippen molar-refractivity contribution in [3.63, 3.8) is 0 Å². The molecular formula is C29H32N4O2. The van der Waals surface area contributed by atoms with Crippen LogP contribution in [0.15, 0.2) is 54.7 Å². The summed E-state index contributed by atoms with van der Waals surface area (Å²) >= 11 is 0. The minimum absolute atomic E-state index is 0.704. The summed E-state index contributed by atoms with van der Waals surface area (Å²) in [5, 5.41) is 1.01. The van der Waals surface area contributed by atoms with Gasteiger partial charge in [0.1, 0.15) is 23.8 Å². The molecule has 2 aliphatic rings. The van der Waals surface area contributed by atoms with Crippen molar-refractivity contribution in [2.75, 3.05) is 51.8 Å². The Kier molecular flexibility index (Phi) is 5.82. The highest BCUT2D eigenvalue weighted by Gasteiger charge is 2.22. The molecule has 6 nitrogen and oxygen atoms in total. The lowest BCUT2D eigenvalue weighted by molar-refractivity contribution is 0.238. The van der Waals surface area contributed by atoms with Crippen molar-refractivity contribution < 1.29 is 9.47 Å². The van der Waals surface area contributed by atoms with E-state index in [1.165, 1.54) is 37.2 Å². The van der Waals surface area contributed by atoms with Crippen LogP contribution in [0.25, 0.3) is 33.4 Å². The van der Waals surface area contributed by atoms with Gasteiger partial charge in [-0.05, 0) is 67.7 Å². The van der Waals surface area contributed by atoms with Crippen molar-refractivity contribution in [1.82, 2.24) is 14.9 Å². The average molecular weight is 469 g/mol. The van der Waals surface area contributed by atoms with Gasteiger partial charge in [-0.1, -0.05) is 24.3 Å². The average Bonchev–Trinajstić information content (AvgIpc) is 3.63. The highest BCUT2D eigenvalue weighted by molar-refractivity contribution is 6.06. The SMILES string of the molecule is COc1ccnc2[nH]c(-c3cccc(OCCN4CCCC4)c3)c(-c3ccc4c(c3)N(C)CC4)c12. The number of hydrogen-bond donors (Lipinski definition) is 1. The summed E-state index contributed by atoms with van der Waals surface area (Å²) in [6.07, 6.45) is 5.48. The molecule has 0 radical (unpaired) electrons. The molecule has 2 aromatic heterocycles. The largest absolute Gasteiger partial charge is 0.496 e. The number of likely N-dealkylation sites (N-methyl/N-ethyl adjacent to an activating group) is 1. The second-order valence-corrected chi connectivity index (χ2v) is 9.55. The number of ether oxygens (including phenoxy) is 2. The number of rotatable bonds is 7. The second-order valence-electron chi connectivity index (χ2n) is 9.55. The lowest BCUT2D eigenvalue weighted by Gasteiger charge is -2.16. The van der Waals surface area contributed by atoms with Gasteiger partial charge in [0.2, 0.25) is 0 Å². The van der Waals surface area contributed by atoms with Gasteiger partial charge in [-0.25, -0.2) is 4.98 Å². The molecule has 0 amide bonds. The number of pyridine rings is 1. The first-order chi connectivity index (χ1) is 17.2. The zero-order valence-corrected chi connectivity index (χ0v) is 20.5. The van der Waals surface area contributed by atoms with E-state index >= 15 is 0 Å². The molecule has 6 heteroatoms. The van der Waals surface area contributed by atoms with Gasteiger partial charge in [0.25, 0.3) is 0 Å². The quantitative estimate of drug-likeness (QED) is 0.395. The van der Waals surface area contributed by atoms with Crippen LogP contribution in [-0.2, 0) is 6.42 Å². The summed E-state index contributed by atoms with van der Waals surface area (Å²) in [4.78, 5) is 13.0. The Labute approximate surface area is 206 Å². The summed E-state index contributed by atoms with van der Waals surface area (Å²) in [6, 6.07) is 17.1. The van der Waals surface area contributed by atoms with Crippen LogP contribution >= 0.6 is 0 Å². The Balaban J connectivity index is 1.41. The molecule has 4 heterocycles. The van der Waals surface area contributed by atoms with E-state index in [0.717, 1.165) is 64.4 Å². The molecule has 0 aliphatic carbocycles. The molecule has 1 N–H and O–H groups in total. The molecule has 0 bridgehead atoms. The first-order valence-electron chi connectivity index (χ1n) is 12.6. The molecular weight excluding hydrogens is 436 g/mol. The van der Waals surface area contributed by atoms with Crippen molar-refractivity contribution in [2.45, 2.75) is 19.3 Å². The Morgan fingerprint density at radius 2 is 1.89 bits per heavy atom. The monoisotopic (exact) mass is 468 g/mol. The van der Waals surface area contributed by atoms with Gasteiger partial charge < -0.3 is 19.4 Å². The fraction of sp³-hybridized carbons (Fsp3) is 0.345. The summed E-state index contributed by atoms with van der Waals surface area (Å²) in [7, 11) is 3.88. The predicted octanol–water partition coefficient (Wildman–Crippen LogP) is 5.37. The molecule has 2 aromatic carbocycles. The van der Waals surface area contributed by atoms with E-state index in [0.29, 0.717) is 6.61 Å². The summed E-state index contributed by atoms with van der Waals surface area (Å²) in [5.41, 5.74) is 7.90. The maximum atomic E-state index is 6.17. The minimum Gasteiger partial charge on any atom is -0.496 e. The number of methoxy groups -OCH3 is 1. The van der Waals surface area contributed by atoms with Crippen LogP contribution in [0.3, 0.4) is 0 Å². The van der Waals surface area contributed by atoms with Crippen LogP contribution in [0, 0.1) is 0 Å². The third-order valence-corrected chi connectivity index (χ3v) is 7.38. The predicted molar refractivity (Wildman–Crippen MR) is 142 cm³/mol. The van der Waals surface area contributed by atoms with E-state index in [9.17, 15) is 0 Å². The zero-order chi connectivity index (χ0) is 23.8. The van der Waals surface area contributed by atoms with Crippen LogP contribution in [0.4, 0.5) is 5.69 Å². The van der Waals surface area contributed by atoms with Gasteiger partial charge in [0.15, 0.2) is 0 Å². The van der Waals surface area contributed by atoms with Crippen molar-refractivity contribution in [1.29, 1.82) is 0 Å². The molecule has 1 saturated heterocycles. The molecule has 1 fully saturated rings. The van der Waals surface area contributed by atoms with Gasteiger partial charge in [-0.15, -0.1) is 0 Å². The zero-order valence-electron chi connectivity index (χ0n) is 20.5. The molecule has 0 saturated carbocycles. The van der Waals surface area contributed by atoms with Crippen molar-refractivity contribution in [3.05, 3.63) is 60.3 Å². The fourth-order valence-electron chi connectivity index (χ4n) is 5.50. The number of fused-ring (bicyclic) bond motifs is 2. The number of hydrogen-bond acceptors (Lipinski definition) is 5. The number of nitrogens with zero attached hydrogens (tertiary/aromatic N) is 3. The number of aromatic amines is 1. The van der Waals surface area contributed by atoms with Gasteiger partial charge in [-0.3, -0.25) is 4.90 Å². The van der Waals surface area contributed by atoms with E-state index in [2.05, 4.69) is 63.2 Å². The van der Waals surface area contributed by atoms with Gasteiger partial charge in [-0.2, -0.15) is 0 Å². The topological polar surface area (TPSA) is 53.6 Å². The highest BCUT2D eigenvalue weighted by Crippen LogP contribution is 2.44. The Bertz CT molecular complexity index is 1360. The smallest absolute Gasteiger partial charge is 0.142 e. The van der Waals surface area contributed by atoms with Crippen LogP contribution in [0.2, 0.25) is 0 Å². The van der Waals surface area contributed by atoms with Crippen molar-refractivity contribution in [3.8, 4) is 33.9 Å². The molecule has 6 rings (SSSR count). The maximum absolute atomic E-state index is 6.17. The van der Waals surface area contributed by atoms with E-state index in [1.807, 2.05) is 12.1 Å². The Hall–Kier alpha value is -3.51. The third-order valence-electron chi connectivity index (χ3n) is 7.38. The normalized spacial score (nSPS) is 15.7. The van der Waals surface area contributed by atoms with Gasteiger partial charge >= 0.3 is 0 Å². The standard InChI is InChI=1S/C29H32N4O2/c1-32-15-11-20-8-9-21(19-24(20)32)26-27-25(34-2)10-12-30-29(27)31-28(26)22-6-5-7-23(18-22)35-17-16-33-13-3-4-14-33/h5-10,12,18-19H,3-4,11,13-17H2,1-2H3,(H,30,31). The first kappa shape index (κ1) is 22.0. The van der Waals surface area contributed by atoms with E-state index in [-0.39, 0.29) is 0 Å². The van der Waals surface area contributed by atoms with Gasteiger partial charge in [0, 0.05) is 43.1 Å². The number of anilines is 1. The highest BCUT2D eigenvalue weighted by atomic mass is 16.5. The Morgan fingerprint density at radius 1 is 1.00 bits per heavy atom. The number of likely N-dealkylation sites (tertiary alicyclic amines) is 1. The van der Waals surface area contributed by atoms with Crippen LogP contribution < -0.4 is 14.4 Å². The molecule has 35 heavy (non-hydrogen) atoms. The number of H-pyrrole nitrogens is 1. The number of nitrogens with one attached hydrogen (secondary N) is 1. The Morgan fingerprint density at radius 3 is 2.74 bits per heavy atom. The fourth-order valence-corrected chi connectivity index (χ4v) is 5.50. The van der Waals surface area contributed by atoms with Crippen LogP contribution in [0.1, 0.15) is 18.4 Å².